The summed E-state index contributed by atoms with van der Waals surface area (Å²) in [6.45, 7) is 3.87. The molecule has 0 aromatic heterocycles. The smallest absolute Gasteiger partial charge is 0.0209 e. The summed E-state index contributed by atoms with van der Waals surface area (Å²) in [5.41, 5.74) is 3.86. The number of hydrogen-bond donors (Lipinski definition) is 1. The van der Waals surface area contributed by atoms with Crippen LogP contribution in [0.4, 0.5) is 0 Å². The van der Waals surface area contributed by atoms with Crippen molar-refractivity contribution in [2.45, 2.75) is 20.0 Å². The molecule has 18 heavy (non-hydrogen) atoms. The van der Waals surface area contributed by atoms with Gasteiger partial charge in [0.1, 0.15) is 0 Å². The van der Waals surface area contributed by atoms with E-state index in [0.29, 0.717) is 0 Å². The third-order valence-electron chi connectivity index (χ3n) is 2.81. The molecule has 1 nitrogen and oxygen atoms in total. The topological polar surface area (TPSA) is 12.0 Å². The predicted octanol–water partition coefficient (Wildman–Crippen LogP) is 4.81. The lowest BCUT2D eigenvalue weighted by Crippen LogP contribution is -2.12. The van der Waals surface area contributed by atoms with Crippen LogP contribution in [0.25, 0.3) is 0 Å². The van der Waals surface area contributed by atoms with Crippen LogP contribution in [-0.2, 0) is 13.1 Å². The van der Waals surface area contributed by atoms with Crippen molar-refractivity contribution in [3.63, 3.8) is 0 Å². The Balaban J connectivity index is 1.88. The molecule has 0 saturated heterocycles. The maximum absolute atomic E-state index is 3.56. The number of nitrogens with one attached hydrogen (secondary N) is 1. The van der Waals surface area contributed by atoms with Crippen LogP contribution < -0.4 is 5.32 Å². The first kappa shape index (κ1) is 13.8. The Labute approximate surface area is 125 Å². The summed E-state index contributed by atoms with van der Waals surface area (Å²) in [5.74, 6) is 0. The molecule has 0 heterocycles. The molecular formula is C15H15Br2N. The molecule has 2 aromatic rings. The number of halogens is 2. The summed E-state index contributed by atoms with van der Waals surface area (Å²) < 4.78 is 2.29. The molecule has 3 heteroatoms. The standard InChI is InChI=1S/C15H15Br2N/c1-11-2-3-13(8-15(11)17)10-18-9-12-4-6-14(16)7-5-12/h2-8,18H,9-10H2,1H3. The number of hydrogen-bond acceptors (Lipinski definition) is 1. The van der Waals surface area contributed by atoms with Crippen molar-refractivity contribution in [1.29, 1.82) is 0 Å². The lowest BCUT2D eigenvalue weighted by Gasteiger charge is -2.07. The average molecular weight is 369 g/mol. The fourth-order valence-corrected chi connectivity index (χ4v) is 2.39. The van der Waals surface area contributed by atoms with Gasteiger partial charge in [0.25, 0.3) is 0 Å². The summed E-state index contributed by atoms with van der Waals surface area (Å²) in [4.78, 5) is 0. The molecule has 2 rings (SSSR count). The van der Waals surface area contributed by atoms with Gasteiger partial charge in [0.05, 0.1) is 0 Å². The molecule has 0 spiro atoms. The van der Waals surface area contributed by atoms with Gasteiger partial charge in [-0.05, 0) is 41.8 Å². The van der Waals surface area contributed by atoms with E-state index in [-0.39, 0.29) is 0 Å². The van der Waals surface area contributed by atoms with Crippen LogP contribution in [0, 0.1) is 6.92 Å². The maximum atomic E-state index is 3.56. The van der Waals surface area contributed by atoms with Gasteiger partial charge in [-0.25, -0.2) is 0 Å². The monoisotopic (exact) mass is 367 g/mol. The molecule has 0 amide bonds. The molecule has 0 radical (unpaired) electrons. The van der Waals surface area contributed by atoms with Crippen molar-refractivity contribution < 1.29 is 0 Å². The van der Waals surface area contributed by atoms with Crippen LogP contribution in [0.15, 0.2) is 51.4 Å². The second-order valence-electron chi connectivity index (χ2n) is 4.31. The first-order chi connectivity index (χ1) is 8.65. The predicted molar refractivity (Wildman–Crippen MR) is 83.6 cm³/mol. The highest BCUT2D eigenvalue weighted by atomic mass is 79.9. The fourth-order valence-electron chi connectivity index (χ4n) is 1.70. The van der Waals surface area contributed by atoms with Crippen LogP contribution >= 0.6 is 31.9 Å². The molecule has 94 valence electrons. The van der Waals surface area contributed by atoms with Crippen molar-refractivity contribution in [2.24, 2.45) is 0 Å². The van der Waals surface area contributed by atoms with Gasteiger partial charge >= 0.3 is 0 Å². The maximum Gasteiger partial charge on any atom is 0.0209 e. The number of benzene rings is 2. The van der Waals surface area contributed by atoms with Gasteiger partial charge in [0, 0.05) is 22.0 Å². The van der Waals surface area contributed by atoms with Gasteiger partial charge in [-0.2, -0.15) is 0 Å². The second kappa shape index (κ2) is 6.50. The lowest BCUT2D eigenvalue weighted by molar-refractivity contribution is 0.693. The van der Waals surface area contributed by atoms with E-state index in [0.717, 1.165) is 17.6 Å². The molecule has 0 aliphatic heterocycles. The normalized spacial score (nSPS) is 10.6. The van der Waals surface area contributed by atoms with Gasteiger partial charge < -0.3 is 5.32 Å². The zero-order valence-corrected chi connectivity index (χ0v) is 13.4. The van der Waals surface area contributed by atoms with Crippen LogP contribution in [0.2, 0.25) is 0 Å². The van der Waals surface area contributed by atoms with Gasteiger partial charge in [0.2, 0.25) is 0 Å². The molecule has 1 N–H and O–H groups in total. The zero-order valence-electron chi connectivity index (χ0n) is 10.2. The largest absolute Gasteiger partial charge is 0.309 e. The minimum atomic E-state index is 0.884. The second-order valence-corrected chi connectivity index (χ2v) is 6.08. The van der Waals surface area contributed by atoms with Crippen molar-refractivity contribution in [1.82, 2.24) is 5.32 Å². The highest BCUT2D eigenvalue weighted by molar-refractivity contribution is 9.10. The lowest BCUT2D eigenvalue weighted by atomic mass is 10.1. The summed E-state index contributed by atoms with van der Waals surface area (Å²) in [7, 11) is 0. The Bertz CT molecular complexity index is 521. The van der Waals surface area contributed by atoms with Gasteiger partial charge in [0.15, 0.2) is 0 Å². The van der Waals surface area contributed by atoms with Gasteiger partial charge in [-0.3, -0.25) is 0 Å². The third kappa shape index (κ3) is 3.94. The first-order valence-corrected chi connectivity index (χ1v) is 7.44. The van der Waals surface area contributed by atoms with E-state index in [1.165, 1.54) is 21.2 Å². The molecule has 0 atom stereocenters. The van der Waals surface area contributed by atoms with E-state index in [4.69, 9.17) is 0 Å². The minimum absolute atomic E-state index is 0.884. The fraction of sp³-hybridized carbons (Fsp3) is 0.200. The minimum Gasteiger partial charge on any atom is -0.309 e. The first-order valence-electron chi connectivity index (χ1n) is 5.85. The van der Waals surface area contributed by atoms with E-state index in [1.54, 1.807) is 0 Å². The van der Waals surface area contributed by atoms with Gasteiger partial charge in [-0.1, -0.05) is 56.1 Å². The molecule has 2 aromatic carbocycles. The summed E-state index contributed by atoms with van der Waals surface area (Å²) in [6, 6.07) is 14.9. The zero-order chi connectivity index (χ0) is 13.0. The van der Waals surface area contributed by atoms with Crippen LogP contribution in [0.1, 0.15) is 16.7 Å². The molecule has 0 aliphatic carbocycles. The highest BCUT2D eigenvalue weighted by Gasteiger charge is 1.98. The number of aryl methyl sites for hydroxylation is 1. The Morgan fingerprint density at radius 3 is 2.17 bits per heavy atom. The van der Waals surface area contributed by atoms with E-state index in [9.17, 15) is 0 Å². The molecule has 0 unspecified atom stereocenters. The quantitative estimate of drug-likeness (QED) is 0.816. The molecule has 0 bridgehead atoms. The van der Waals surface area contributed by atoms with Gasteiger partial charge in [-0.15, -0.1) is 0 Å². The summed E-state index contributed by atoms with van der Waals surface area (Å²) in [5, 5.41) is 3.45. The van der Waals surface area contributed by atoms with E-state index in [1.807, 2.05) is 0 Å². The van der Waals surface area contributed by atoms with Crippen molar-refractivity contribution in [2.75, 3.05) is 0 Å². The Morgan fingerprint density at radius 2 is 1.50 bits per heavy atom. The summed E-state index contributed by atoms with van der Waals surface area (Å²) >= 11 is 7.00. The molecule has 0 fully saturated rings. The van der Waals surface area contributed by atoms with E-state index < -0.39 is 0 Å². The van der Waals surface area contributed by atoms with Crippen LogP contribution in [0.3, 0.4) is 0 Å². The summed E-state index contributed by atoms with van der Waals surface area (Å²) in [6.07, 6.45) is 0. The Morgan fingerprint density at radius 1 is 0.889 bits per heavy atom. The van der Waals surface area contributed by atoms with Crippen LogP contribution in [0.5, 0.6) is 0 Å². The van der Waals surface area contributed by atoms with E-state index in [2.05, 4.69) is 86.6 Å². The molecule has 0 aliphatic rings. The highest BCUT2D eigenvalue weighted by Crippen LogP contribution is 2.17. The SMILES string of the molecule is Cc1ccc(CNCc2ccc(Br)cc2)cc1Br. The Kier molecular flexibility index (Phi) is 4.98. The third-order valence-corrected chi connectivity index (χ3v) is 4.19. The van der Waals surface area contributed by atoms with Crippen molar-refractivity contribution in [3.8, 4) is 0 Å². The Hall–Kier alpha value is -0.640. The average Bonchev–Trinajstić information content (AvgIpc) is 2.36. The van der Waals surface area contributed by atoms with Crippen molar-refractivity contribution in [3.05, 3.63) is 68.1 Å². The molecule has 0 saturated carbocycles. The van der Waals surface area contributed by atoms with E-state index >= 15 is 0 Å². The van der Waals surface area contributed by atoms with Crippen molar-refractivity contribution >= 4 is 31.9 Å². The van der Waals surface area contributed by atoms with Crippen LogP contribution in [-0.4, -0.2) is 0 Å². The number of rotatable bonds is 4. The molecular weight excluding hydrogens is 354 g/mol.